The molecule has 1 aromatic carbocycles. The summed E-state index contributed by atoms with van der Waals surface area (Å²) in [5, 5.41) is 3.47. The smallest absolute Gasteiger partial charge is 0.0342 e. The fraction of sp³-hybridized carbons (Fsp3) is 0. The SMILES string of the molecule is [Ir].c1ccc2sccc2c1. The van der Waals surface area contributed by atoms with Gasteiger partial charge in [-0.15, -0.1) is 11.3 Å². The number of hydrogen-bond acceptors (Lipinski definition) is 1. The van der Waals surface area contributed by atoms with Crippen LogP contribution in [0.25, 0.3) is 10.1 Å². The summed E-state index contributed by atoms with van der Waals surface area (Å²) in [6, 6.07) is 10.5. The molecule has 2 rings (SSSR count). The maximum Gasteiger partial charge on any atom is 0.0342 e. The first kappa shape index (κ1) is 7.93. The summed E-state index contributed by atoms with van der Waals surface area (Å²) in [6.45, 7) is 0. The van der Waals surface area contributed by atoms with E-state index < -0.39 is 0 Å². The van der Waals surface area contributed by atoms with Crippen LogP contribution in [0.3, 0.4) is 0 Å². The minimum atomic E-state index is 0. The van der Waals surface area contributed by atoms with Crippen molar-refractivity contribution in [3.63, 3.8) is 0 Å². The summed E-state index contributed by atoms with van der Waals surface area (Å²) < 4.78 is 1.37. The molecule has 0 saturated heterocycles. The molecule has 0 bridgehead atoms. The van der Waals surface area contributed by atoms with Gasteiger partial charge in [-0.2, -0.15) is 0 Å². The molecule has 0 aliphatic rings. The molecule has 0 N–H and O–H groups in total. The molecule has 0 unspecified atom stereocenters. The third-order valence-corrected chi connectivity index (χ3v) is 2.26. The second-order valence-electron chi connectivity index (χ2n) is 1.96. The molecule has 1 heterocycles. The molecule has 53 valence electrons. The van der Waals surface area contributed by atoms with Crippen molar-refractivity contribution in [1.82, 2.24) is 0 Å². The minimum Gasteiger partial charge on any atom is -0.144 e. The number of benzene rings is 1. The number of rotatable bonds is 0. The first-order valence-corrected chi connectivity index (χ1v) is 3.77. The Morgan fingerprint density at radius 2 is 1.80 bits per heavy atom. The molecule has 1 aromatic heterocycles. The van der Waals surface area contributed by atoms with Crippen molar-refractivity contribution in [2.45, 2.75) is 0 Å². The van der Waals surface area contributed by atoms with Crippen molar-refractivity contribution in [2.75, 3.05) is 0 Å². The molecule has 10 heavy (non-hydrogen) atoms. The number of hydrogen-bond donors (Lipinski definition) is 0. The van der Waals surface area contributed by atoms with Crippen molar-refractivity contribution >= 4 is 21.4 Å². The fourth-order valence-electron chi connectivity index (χ4n) is 0.906. The normalized spacial score (nSPS) is 9.20. The van der Waals surface area contributed by atoms with Crippen molar-refractivity contribution in [2.24, 2.45) is 0 Å². The molecule has 0 aliphatic carbocycles. The van der Waals surface area contributed by atoms with Crippen LogP contribution in [-0.4, -0.2) is 0 Å². The van der Waals surface area contributed by atoms with Gasteiger partial charge in [0, 0.05) is 24.8 Å². The monoisotopic (exact) mass is 327 g/mol. The van der Waals surface area contributed by atoms with Gasteiger partial charge in [-0.05, 0) is 22.9 Å². The van der Waals surface area contributed by atoms with Crippen LogP contribution >= 0.6 is 11.3 Å². The van der Waals surface area contributed by atoms with Crippen LogP contribution in [0.15, 0.2) is 35.7 Å². The van der Waals surface area contributed by atoms with E-state index in [9.17, 15) is 0 Å². The average Bonchev–Trinajstić information content (AvgIpc) is 2.33. The topological polar surface area (TPSA) is 0 Å². The van der Waals surface area contributed by atoms with Crippen LogP contribution in [0.4, 0.5) is 0 Å². The Hall–Kier alpha value is -0.171. The molecule has 1 radical (unpaired) electrons. The fourth-order valence-corrected chi connectivity index (χ4v) is 1.70. The molecular weight excluding hydrogens is 320 g/mol. The Bertz CT molecular complexity index is 283. The molecule has 0 fully saturated rings. The van der Waals surface area contributed by atoms with Crippen molar-refractivity contribution in [3.05, 3.63) is 35.7 Å². The Balaban J connectivity index is 0.000000500. The Kier molecular flexibility index (Phi) is 2.61. The second-order valence-corrected chi connectivity index (χ2v) is 2.91. The van der Waals surface area contributed by atoms with Gasteiger partial charge >= 0.3 is 0 Å². The summed E-state index contributed by atoms with van der Waals surface area (Å²) in [7, 11) is 0. The van der Waals surface area contributed by atoms with E-state index in [1.807, 2.05) is 0 Å². The Morgan fingerprint density at radius 3 is 2.60 bits per heavy atom. The predicted octanol–water partition coefficient (Wildman–Crippen LogP) is 2.90. The minimum absolute atomic E-state index is 0. The van der Waals surface area contributed by atoms with Crippen LogP contribution in [0.2, 0.25) is 0 Å². The predicted molar refractivity (Wildman–Crippen MR) is 41.8 cm³/mol. The van der Waals surface area contributed by atoms with Gasteiger partial charge in [-0.25, -0.2) is 0 Å². The maximum absolute atomic E-state index is 2.14. The average molecular weight is 326 g/mol. The molecule has 0 atom stereocenters. The van der Waals surface area contributed by atoms with Gasteiger partial charge in [0.1, 0.15) is 0 Å². The van der Waals surface area contributed by atoms with Crippen LogP contribution in [0, 0.1) is 0 Å². The molecule has 0 spiro atoms. The molecule has 0 amide bonds. The third-order valence-electron chi connectivity index (χ3n) is 1.36. The summed E-state index contributed by atoms with van der Waals surface area (Å²) >= 11 is 1.79. The summed E-state index contributed by atoms with van der Waals surface area (Å²) in [4.78, 5) is 0. The summed E-state index contributed by atoms with van der Waals surface area (Å²) in [5.74, 6) is 0. The van der Waals surface area contributed by atoms with Gasteiger partial charge in [0.05, 0.1) is 0 Å². The van der Waals surface area contributed by atoms with Crippen molar-refractivity contribution < 1.29 is 20.1 Å². The van der Waals surface area contributed by atoms with E-state index in [0.29, 0.717) is 0 Å². The van der Waals surface area contributed by atoms with Crippen LogP contribution in [-0.2, 0) is 20.1 Å². The standard InChI is InChI=1S/C8H6S.Ir/c1-2-4-8-7(3-1)5-6-9-8;/h1-6H;. The zero-order valence-electron chi connectivity index (χ0n) is 5.21. The van der Waals surface area contributed by atoms with Gasteiger partial charge in [0.25, 0.3) is 0 Å². The van der Waals surface area contributed by atoms with Crippen LogP contribution < -0.4 is 0 Å². The van der Waals surface area contributed by atoms with Gasteiger partial charge in [-0.3, -0.25) is 0 Å². The summed E-state index contributed by atoms with van der Waals surface area (Å²) in [6.07, 6.45) is 0. The van der Waals surface area contributed by atoms with E-state index in [0.717, 1.165) is 0 Å². The van der Waals surface area contributed by atoms with E-state index >= 15 is 0 Å². The van der Waals surface area contributed by atoms with E-state index in [1.54, 1.807) is 11.3 Å². The number of fused-ring (bicyclic) bond motifs is 1. The third kappa shape index (κ3) is 1.29. The van der Waals surface area contributed by atoms with Crippen LogP contribution in [0.1, 0.15) is 0 Å². The largest absolute Gasteiger partial charge is 0.144 e. The first-order valence-electron chi connectivity index (χ1n) is 2.89. The molecule has 0 saturated carbocycles. The van der Waals surface area contributed by atoms with Gasteiger partial charge < -0.3 is 0 Å². The van der Waals surface area contributed by atoms with Gasteiger partial charge in [0.15, 0.2) is 0 Å². The Morgan fingerprint density at radius 1 is 1.00 bits per heavy atom. The van der Waals surface area contributed by atoms with E-state index in [-0.39, 0.29) is 20.1 Å². The van der Waals surface area contributed by atoms with Crippen molar-refractivity contribution in [3.8, 4) is 0 Å². The van der Waals surface area contributed by atoms with E-state index in [2.05, 4.69) is 35.7 Å². The quantitative estimate of drug-likeness (QED) is 0.698. The molecule has 0 nitrogen and oxygen atoms in total. The zero-order chi connectivity index (χ0) is 6.10. The molecule has 2 heteroatoms. The molecule has 0 aliphatic heterocycles. The van der Waals surface area contributed by atoms with E-state index in [1.165, 1.54) is 10.1 Å². The van der Waals surface area contributed by atoms with Gasteiger partial charge in [-0.1, -0.05) is 18.2 Å². The van der Waals surface area contributed by atoms with Gasteiger partial charge in [0.2, 0.25) is 0 Å². The second kappa shape index (κ2) is 3.29. The summed E-state index contributed by atoms with van der Waals surface area (Å²) in [5.41, 5.74) is 0. The van der Waals surface area contributed by atoms with Crippen molar-refractivity contribution in [1.29, 1.82) is 0 Å². The molecule has 2 aromatic rings. The Labute approximate surface area is 77.2 Å². The number of thiophene rings is 1. The first-order chi connectivity index (χ1) is 4.47. The molecular formula is C8H6IrS. The van der Waals surface area contributed by atoms with Crippen LogP contribution in [0.5, 0.6) is 0 Å². The maximum atomic E-state index is 2.14. The van der Waals surface area contributed by atoms with E-state index in [4.69, 9.17) is 0 Å². The zero-order valence-corrected chi connectivity index (χ0v) is 8.42.